The van der Waals surface area contributed by atoms with Gasteiger partial charge in [0.1, 0.15) is 16.0 Å². The van der Waals surface area contributed by atoms with Gasteiger partial charge in [0, 0.05) is 6.04 Å². The summed E-state index contributed by atoms with van der Waals surface area (Å²) >= 11 is 3.33. The second kappa shape index (κ2) is 7.00. The predicted molar refractivity (Wildman–Crippen MR) is 83.3 cm³/mol. The molecule has 1 aromatic rings. The molecule has 7 heteroatoms. The molecule has 0 unspecified atom stereocenters. The maximum absolute atomic E-state index is 12.2. The van der Waals surface area contributed by atoms with E-state index in [1.54, 1.807) is 6.92 Å². The van der Waals surface area contributed by atoms with Gasteiger partial charge in [0.25, 0.3) is 5.91 Å². The number of rotatable bonds is 6. The van der Waals surface area contributed by atoms with Gasteiger partial charge < -0.3 is 19.5 Å². The van der Waals surface area contributed by atoms with Gasteiger partial charge in [0.15, 0.2) is 6.10 Å². The molecule has 0 heterocycles. The number of benzene rings is 1. The van der Waals surface area contributed by atoms with Gasteiger partial charge in [0.05, 0.1) is 19.8 Å². The van der Waals surface area contributed by atoms with E-state index >= 15 is 0 Å². The molecule has 0 radical (unpaired) electrons. The van der Waals surface area contributed by atoms with Crippen molar-refractivity contribution >= 4 is 27.8 Å². The van der Waals surface area contributed by atoms with E-state index in [-0.39, 0.29) is 17.5 Å². The Morgan fingerprint density at radius 3 is 2.23 bits per heavy atom. The molecule has 1 aliphatic rings. The summed E-state index contributed by atoms with van der Waals surface area (Å²) < 4.78 is 16.1. The third-order valence-electron chi connectivity index (χ3n) is 3.26. The summed E-state index contributed by atoms with van der Waals surface area (Å²) in [4.78, 5) is 24.0. The van der Waals surface area contributed by atoms with Gasteiger partial charge in [-0.2, -0.15) is 0 Å². The van der Waals surface area contributed by atoms with E-state index < -0.39 is 12.1 Å². The standard InChI is InChI=1S/C15H18BrNO5/c1-8(14(18)17-10-4-5-10)22-15(19)9-6-11(20-2)13(16)12(7-9)21-3/h6-8,10H,4-5H2,1-3H3,(H,17,18)/t8-/m0/s1. The van der Waals surface area contributed by atoms with E-state index in [1.165, 1.54) is 26.4 Å². The second-order valence-electron chi connectivity index (χ2n) is 5.03. The summed E-state index contributed by atoms with van der Waals surface area (Å²) in [6.07, 6.45) is 1.11. The molecular weight excluding hydrogens is 354 g/mol. The molecule has 6 nitrogen and oxygen atoms in total. The minimum absolute atomic E-state index is 0.224. The van der Waals surface area contributed by atoms with Crippen molar-refractivity contribution in [1.82, 2.24) is 5.32 Å². The van der Waals surface area contributed by atoms with Crippen LogP contribution in [0.2, 0.25) is 0 Å². The van der Waals surface area contributed by atoms with E-state index in [4.69, 9.17) is 14.2 Å². The molecular formula is C15H18BrNO5. The van der Waals surface area contributed by atoms with Crippen LogP contribution in [0, 0.1) is 0 Å². The van der Waals surface area contributed by atoms with Gasteiger partial charge in [-0.15, -0.1) is 0 Å². The lowest BCUT2D eigenvalue weighted by molar-refractivity contribution is -0.129. The highest BCUT2D eigenvalue weighted by Gasteiger charge is 2.27. The average molecular weight is 372 g/mol. The minimum atomic E-state index is -0.853. The molecule has 1 aliphatic carbocycles. The summed E-state index contributed by atoms with van der Waals surface area (Å²) in [6, 6.07) is 3.28. The maximum Gasteiger partial charge on any atom is 0.339 e. The molecule has 22 heavy (non-hydrogen) atoms. The second-order valence-corrected chi connectivity index (χ2v) is 5.82. The van der Waals surface area contributed by atoms with Gasteiger partial charge in [-0.05, 0) is 47.8 Å². The third-order valence-corrected chi connectivity index (χ3v) is 4.04. The van der Waals surface area contributed by atoms with Crippen molar-refractivity contribution in [1.29, 1.82) is 0 Å². The molecule has 120 valence electrons. The fourth-order valence-corrected chi connectivity index (χ4v) is 2.37. The highest BCUT2D eigenvalue weighted by atomic mass is 79.9. The Labute approximate surface area is 137 Å². The lowest BCUT2D eigenvalue weighted by Gasteiger charge is -2.15. The van der Waals surface area contributed by atoms with Crippen molar-refractivity contribution in [2.75, 3.05) is 14.2 Å². The Morgan fingerprint density at radius 2 is 1.77 bits per heavy atom. The first kappa shape index (κ1) is 16.6. The zero-order valence-corrected chi connectivity index (χ0v) is 14.2. The van der Waals surface area contributed by atoms with Gasteiger partial charge in [0.2, 0.25) is 0 Å². The Kier molecular flexibility index (Phi) is 5.28. The molecule has 1 N–H and O–H groups in total. The molecule has 1 fully saturated rings. The quantitative estimate of drug-likeness (QED) is 0.776. The average Bonchev–Trinajstić information content (AvgIpc) is 3.31. The molecule has 0 saturated heterocycles. The SMILES string of the molecule is COc1cc(C(=O)O[C@@H](C)C(=O)NC2CC2)cc(OC)c1Br. The van der Waals surface area contributed by atoms with E-state index in [2.05, 4.69) is 21.2 Å². The van der Waals surface area contributed by atoms with Crippen molar-refractivity contribution in [2.24, 2.45) is 0 Å². The Hall–Kier alpha value is -1.76. The zero-order valence-electron chi connectivity index (χ0n) is 12.6. The first-order valence-electron chi connectivity index (χ1n) is 6.89. The lowest BCUT2D eigenvalue weighted by Crippen LogP contribution is -2.37. The smallest absolute Gasteiger partial charge is 0.339 e. The molecule has 2 rings (SSSR count). The summed E-state index contributed by atoms with van der Waals surface area (Å²) in [6.45, 7) is 1.54. The van der Waals surface area contributed by atoms with Crippen LogP contribution in [0.25, 0.3) is 0 Å². The number of hydrogen-bond donors (Lipinski definition) is 1. The number of esters is 1. The highest BCUT2D eigenvalue weighted by molar-refractivity contribution is 9.10. The number of amides is 1. The highest BCUT2D eigenvalue weighted by Crippen LogP contribution is 2.35. The van der Waals surface area contributed by atoms with Gasteiger partial charge in [-0.3, -0.25) is 4.79 Å². The van der Waals surface area contributed by atoms with E-state index in [9.17, 15) is 9.59 Å². The topological polar surface area (TPSA) is 73.9 Å². The molecule has 0 spiro atoms. The van der Waals surface area contributed by atoms with Crippen molar-refractivity contribution in [3.8, 4) is 11.5 Å². The predicted octanol–water partition coefficient (Wildman–Crippen LogP) is 2.29. The van der Waals surface area contributed by atoms with Crippen LogP contribution in [-0.4, -0.2) is 38.2 Å². The Morgan fingerprint density at radius 1 is 1.23 bits per heavy atom. The normalized spacial score (nSPS) is 14.9. The van der Waals surface area contributed by atoms with E-state index in [0.29, 0.717) is 16.0 Å². The molecule has 0 bridgehead atoms. The number of methoxy groups -OCH3 is 2. The van der Waals surface area contributed by atoms with Crippen LogP contribution in [-0.2, 0) is 9.53 Å². The lowest BCUT2D eigenvalue weighted by atomic mass is 10.2. The Bertz CT molecular complexity index is 560. The summed E-state index contributed by atoms with van der Waals surface area (Å²) in [7, 11) is 2.97. The summed E-state index contributed by atoms with van der Waals surface area (Å²) in [5.41, 5.74) is 0.253. The Balaban J connectivity index is 2.09. The van der Waals surface area contributed by atoms with Crippen LogP contribution in [0.4, 0.5) is 0 Å². The zero-order chi connectivity index (χ0) is 16.3. The van der Waals surface area contributed by atoms with Crippen LogP contribution < -0.4 is 14.8 Å². The summed E-state index contributed by atoms with van der Waals surface area (Å²) in [5, 5.41) is 2.79. The number of nitrogens with one attached hydrogen (secondary N) is 1. The third kappa shape index (κ3) is 3.91. The number of hydrogen-bond acceptors (Lipinski definition) is 5. The largest absolute Gasteiger partial charge is 0.495 e. The molecule has 1 saturated carbocycles. The molecule has 0 aliphatic heterocycles. The van der Waals surface area contributed by atoms with Gasteiger partial charge in [-0.25, -0.2) is 4.79 Å². The molecule has 0 aromatic heterocycles. The maximum atomic E-state index is 12.2. The van der Waals surface area contributed by atoms with Crippen molar-refractivity contribution < 1.29 is 23.8 Å². The van der Waals surface area contributed by atoms with Crippen LogP contribution in [0.15, 0.2) is 16.6 Å². The number of halogens is 1. The van der Waals surface area contributed by atoms with Gasteiger partial charge in [-0.1, -0.05) is 0 Å². The molecule has 1 atom stereocenters. The van der Waals surface area contributed by atoms with Crippen LogP contribution >= 0.6 is 15.9 Å². The fraction of sp³-hybridized carbons (Fsp3) is 0.467. The van der Waals surface area contributed by atoms with E-state index in [1.807, 2.05) is 0 Å². The fourth-order valence-electron chi connectivity index (χ4n) is 1.82. The van der Waals surface area contributed by atoms with E-state index in [0.717, 1.165) is 12.8 Å². The van der Waals surface area contributed by atoms with Crippen molar-refractivity contribution in [3.05, 3.63) is 22.2 Å². The van der Waals surface area contributed by atoms with Crippen LogP contribution in [0.5, 0.6) is 11.5 Å². The minimum Gasteiger partial charge on any atom is -0.495 e. The monoisotopic (exact) mass is 371 g/mol. The number of carbonyl (C=O) groups excluding carboxylic acids is 2. The van der Waals surface area contributed by atoms with Crippen LogP contribution in [0.3, 0.4) is 0 Å². The number of ether oxygens (including phenoxy) is 3. The number of carbonyl (C=O) groups is 2. The van der Waals surface area contributed by atoms with Crippen molar-refractivity contribution in [2.45, 2.75) is 31.9 Å². The van der Waals surface area contributed by atoms with Crippen LogP contribution in [0.1, 0.15) is 30.1 Å². The van der Waals surface area contributed by atoms with Crippen molar-refractivity contribution in [3.63, 3.8) is 0 Å². The summed E-state index contributed by atoms with van der Waals surface area (Å²) in [5.74, 6) is -0.00258. The first-order chi connectivity index (χ1) is 10.5. The van der Waals surface area contributed by atoms with Gasteiger partial charge >= 0.3 is 5.97 Å². The molecule has 1 aromatic carbocycles. The first-order valence-corrected chi connectivity index (χ1v) is 7.68. The molecule has 1 amide bonds.